The summed E-state index contributed by atoms with van der Waals surface area (Å²) in [5.41, 5.74) is 0.843. The third kappa shape index (κ3) is 5.96. The number of hydrogen-bond donors (Lipinski definition) is 2. The maximum absolute atomic E-state index is 11.5. The Hall–Kier alpha value is -3.09. The van der Waals surface area contributed by atoms with Gasteiger partial charge >= 0.3 is 12.1 Å². The molecule has 2 rings (SSSR count). The monoisotopic (exact) mass is 330 g/mol. The Balaban J connectivity index is 1.60. The van der Waals surface area contributed by atoms with Crippen LogP contribution in [0, 0.1) is 0 Å². The van der Waals surface area contributed by atoms with E-state index in [9.17, 15) is 9.59 Å². The minimum atomic E-state index is -1.11. The molecule has 0 aliphatic carbocycles. The van der Waals surface area contributed by atoms with Gasteiger partial charge in [0.2, 0.25) is 5.88 Å². The standard InChI is InChI=1S/C17H18N2O5/c20-16(21)14-8-4-9-15(19-14)23-11-5-10-18-17(22)24-12-13-6-2-1-3-7-13/h1-4,6-9H,5,10-12H2,(H,18,22)(H,20,21). The molecular weight excluding hydrogens is 312 g/mol. The molecular formula is C17H18N2O5. The Kier molecular flexibility index (Phi) is 6.58. The van der Waals surface area contributed by atoms with Crippen LogP contribution < -0.4 is 10.1 Å². The summed E-state index contributed by atoms with van der Waals surface area (Å²) < 4.78 is 10.4. The highest BCUT2D eigenvalue weighted by atomic mass is 16.5. The summed E-state index contributed by atoms with van der Waals surface area (Å²) in [5.74, 6) is -0.871. The number of amides is 1. The van der Waals surface area contributed by atoms with Crippen LogP contribution >= 0.6 is 0 Å². The lowest BCUT2D eigenvalue weighted by atomic mass is 10.2. The lowest BCUT2D eigenvalue weighted by Gasteiger charge is -2.08. The minimum absolute atomic E-state index is 0.0740. The highest BCUT2D eigenvalue weighted by molar-refractivity contribution is 5.85. The van der Waals surface area contributed by atoms with E-state index in [2.05, 4.69) is 10.3 Å². The van der Waals surface area contributed by atoms with Crippen LogP contribution in [0.2, 0.25) is 0 Å². The molecule has 2 N–H and O–H groups in total. The molecule has 24 heavy (non-hydrogen) atoms. The summed E-state index contributed by atoms with van der Waals surface area (Å²) in [6, 6.07) is 13.9. The summed E-state index contributed by atoms with van der Waals surface area (Å²) in [5, 5.41) is 11.4. The number of aromatic nitrogens is 1. The average molecular weight is 330 g/mol. The number of alkyl carbamates (subject to hydrolysis) is 1. The zero-order chi connectivity index (χ0) is 17.2. The van der Waals surface area contributed by atoms with Gasteiger partial charge in [0.15, 0.2) is 5.69 Å². The maximum atomic E-state index is 11.5. The van der Waals surface area contributed by atoms with Crippen LogP contribution in [0.3, 0.4) is 0 Å². The zero-order valence-corrected chi connectivity index (χ0v) is 13.0. The van der Waals surface area contributed by atoms with Gasteiger partial charge in [0.1, 0.15) is 6.61 Å². The number of carbonyl (C=O) groups excluding carboxylic acids is 1. The first-order chi connectivity index (χ1) is 11.6. The zero-order valence-electron chi connectivity index (χ0n) is 13.0. The number of carbonyl (C=O) groups is 2. The predicted octanol–water partition coefficient (Wildman–Crippen LogP) is 2.48. The van der Waals surface area contributed by atoms with Gasteiger partial charge in [0, 0.05) is 12.6 Å². The second-order valence-corrected chi connectivity index (χ2v) is 4.86. The Labute approximate surface area is 139 Å². The Morgan fingerprint density at radius 3 is 2.62 bits per heavy atom. The molecule has 0 spiro atoms. The van der Waals surface area contributed by atoms with Crippen LogP contribution in [0.4, 0.5) is 4.79 Å². The largest absolute Gasteiger partial charge is 0.478 e. The molecule has 0 aliphatic rings. The van der Waals surface area contributed by atoms with Crippen molar-refractivity contribution in [2.75, 3.05) is 13.2 Å². The van der Waals surface area contributed by atoms with Crippen LogP contribution in [0.1, 0.15) is 22.5 Å². The Morgan fingerprint density at radius 1 is 1.08 bits per heavy atom. The average Bonchev–Trinajstić information content (AvgIpc) is 2.61. The van der Waals surface area contributed by atoms with E-state index in [1.165, 1.54) is 6.07 Å². The number of carboxylic acids is 1. The van der Waals surface area contributed by atoms with E-state index in [4.69, 9.17) is 14.6 Å². The van der Waals surface area contributed by atoms with Crippen molar-refractivity contribution in [1.82, 2.24) is 10.3 Å². The van der Waals surface area contributed by atoms with Crippen molar-refractivity contribution < 1.29 is 24.2 Å². The molecule has 1 aromatic heterocycles. The summed E-state index contributed by atoms with van der Waals surface area (Å²) >= 11 is 0. The van der Waals surface area contributed by atoms with E-state index in [0.29, 0.717) is 19.6 Å². The van der Waals surface area contributed by atoms with Crippen molar-refractivity contribution in [2.45, 2.75) is 13.0 Å². The lowest BCUT2D eigenvalue weighted by Crippen LogP contribution is -2.26. The van der Waals surface area contributed by atoms with Gasteiger partial charge < -0.3 is 19.9 Å². The molecule has 0 fully saturated rings. The van der Waals surface area contributed by atoms with Gasteiger partial charge in [-0.2, -0.15) is 0 Å². The molecule has 126 valence electrons. The molecule has 0 bridgehead atoms. The van der Waals surface area contributed by atoms with E-state index in [1.54, 1.807) is 12.1 Å². The van der Waals surface area contributed by atoms with Gasteiger partial charge in [0.25, 0.3) is 0 Å². The van der Waals surface area contributed by atoms with Crippen LogP contribution in [0.15, 0.2) is 48.5 Å². The van der Waals surface area contributed by atoms with Crippen LogP contribution in [0.5, 0.6) is 5.88 Å². The highest BCUT2D eigenvalue weighted by Crippen LogP contribution is 2.07. The molecule has 7 nitrogen and oxygen atoms in total. The molecule has 1 heterocycles. The molecule has 1 aromatic carbocycles. The van der Waals surface area contributed by atoms with Crippen molar-refractivity contribution >= 4 is 12.1 Å². The van der Waals surface area contributed by atoms with Gasteiger partial charge in [-0.15, -0.1) is 0 Å². The third-order valence-electron chi connectivity index (χ3n) is 3.00. The fraction of sp³-hybridized carbons (Fsp3) is 0.235. The first-order valence-corrected chi connectivity index (χ1v) is 7.43. The maximum Gasteiger partial charge on any atom is 0.407 e. The first kappa shape index (κ1) is 17.3. The van der Waals surface area contributed by atoms with Crippen molar-refractivity contribution in [1.29, 1.82) is 0 Å². The first-order valence-electron chi connectivity index (χ1n) is 7.43. The SMILES string of the molecule is O=C(NCCCOc1cccc(C(=O)O)n1)OCc1ccccc1. The smallest absolute Gasteiger partial charge is 0.407 e. The van der Waals surface area contributed by atoms with E-state index in [1.807, 2.05) is 30.3 Å². The van der Waals surface area contributed by atoms with Crippen LogP contribution in [-0.2, 0) is 11.3 Å². The van der Waals surface area contributed by atoms with E-state index in [-0.39, 0.29) is 18.2 Å². The molecule has 1 amide bonds. The number of benzene rings is 1. The summed E-state index contributed by atoms with van der Waals surface area (Å²) in [6.07, 6.45) is 0.0456. The normalized spacial score (nSPS) is 10.0. The van der Waals surface area contributed by atoms with E-state index < -0.39 is 12.1 Å². The minimum Gasteiger partial charge on any atom is -0.478 e. The predicted molar refractivity (Wildman–Crippen MR) is 85.9 cm³/mol. The number of ether oxygens (including phenoxy) is 2. The van der Waals surface area contributed by atoms with E-state index >= 15 is 0 Å². The second-order valence-electron chi connectivity index (χ2n) is 4.86. The fourth-order valence-corrected chi connectivity index (χ4v) is 1.83. The topological polar surface area (TPSA) is 97.8 Å². The number of aromatic carboxylic acids is 1. The third-order valence-corrected chi connectivity index (χ3v) is 3.00. The van der Waals surface area contributed by atoms with Gasteiger partial charge in [-0.05, 0) is 18.1 Å². The molecule has 0 radical (unpaired) electrons. The number of carboxylic acid groups (broad SMARTS) is 1. The number of pyridine rings is 1. The molecule has 0 aliphatic heterocycles. The molecule has 0 saturated heterocycles. The molecule has 7 heteroatoms. The number of nitrogens with one attached hydrogen (secondary N) is 1. The fourth-order valence-electron chi connectivity index (χ4n) is 1.83. The summed E-state index contributed by atoms with van der Waals surface area (Å²) in [4.78, 5) is 26.1. The molecule has 0 saturated carbocycles. The van der Waals surface area contributed by atoms with Crippen molar-refractivity contribution in [3.8, 4) is 5.88 Å². The molecule has 2 aromatic rings. The van der Waals surface area contributed by atoms with Gasteiger partial charge in [-0.1, -0.05) is 36.4 Å². The Morgan fingerprint density at radius 2 is 1.88 bits per heavy atom. The number of hydrogen-bond acceptors (Lipinski definition) is 5. The summed E-state index contributed by atoms with van der Waals surface area (Å²) in [7, 11) is 0. The van der Waals surface area contributed by atoms with E-state index in [0.717, 1.165) is 5.56 Å². The lowest BCUT2D eigenvalue weighted by molar-refractivity contribution is 0.0689. The molecule has 0 unspecified atom stereocenters. The number of rotatable bonds is 8. The van der Waals surface area contributed by atoms with Gasteiger partial charge in [-0.3, -0.25) is 0 Å². The van der Waals surface area contributed by atoms with Gasteiger partial charge in [-0.25, -0.2) is 14.6 Å². The Bertz CT molecular complexity index is 676. The van der Waals surface area contributed by atoms with Crippen molar-refractivity contribution in [3.05, 3.63) is 59.8 Å². The second kappa shape index (κ2) is 9.14. The van der Waals surface area contributed by atoms with Crippen molar-refractivity contribution in [2.24, 2.45) is 0 Å². The van der Waals surface area contributed by atoms with Crippen LogP contribution in [0.25, 0.3) is 0 Å². The summed E-state index contributed by atoms with van der Waals surface area (Å²) in [6.45, 7) is 0.899. The highest BCUT2D eigenvalue weighted by Gasteiger charge is 2.06. The quantitative estimate of drug-likeness (QED) is 0.722. The van der Waals surface area contributed by atoms with Crippen LogP contribution in [-0.4, -0.2) is 35.3 Å². The van der Waals surface area contributed by atoms with Crippen molar-refractivity contribution in [3.63, 3.8) is 0 Å². The van der Waals surface area contributed by atoms with Gasteiger partial charge in [0.05, 0.1) is 6.61 Å². The molecule has 0 atom stereocenters. The number of nitrogens with zero attached hydrogens (tertiary/aromatic N) is 1.